The van der Waals surface area contributed by atoms with Crippen LogP contribution < -0.4 is 11.1 Å². The van der Waals surface area contributed by atoms with E-state index in [4.69, 9.17) is 15.2 Å². The molecule has 10 nitrogen and oxygen atoms in total. The van der Waals surface area contributed by atoms with Crippen LogP contribution in [0.15, 0.2) is 11.6 Å². The number of tetrazole rings is 1. The number of allylic oxidation sites excluding steroid dienone is 1. The Kier molecular flexibility index (Phi) is 8.80. The van der Waals surface area contributed by atoms with Crippen LogP contribution in [0.25, 0.3) is 0 Å². The molecule has 49 heavy (non-hydrogen) atoms. The maximum absolute atomic E-state index is 13.5. The SMILES string of the molecule is CN[C@@](C)(CO[C@H]1[C@H](n2nnc(N)n2)C[C@]2(C)COC[C@@]13C1=CC[C@@]4(C)[C@H](C(=O)O)[C@@](C)([C@H](C)C(C)C)CC[C@]4(C)[C@H]1CC[C@H]23)C(C)(C)C. The highest BCUT2D eigenvalue weighted by Gasteiger charge is 2.73. The zero-order valence-electron chi connectivity index (χ0n) is 32.5. The Morgan fingerprint density at radius 2 is 1.82 bits per heavy atom. The fourth-order valence-corrected chi connectivity index (χ4v) is 12.4. The van der Waals surface area contributed by atoms with Gasteiger partial charge in [-0.05, 0) is 108 Å². The molecule has 6 rings (SSSR count). The van der Waals surface area contributed by atoms with Crippen LogP contribution in [0.3, 0.4) is 0 Å². The first kappa shape index (κ1) is 36.7. The van der Waals surface area contributed by atoms with Crippen LogP contribution in [0.4, 0.5) is 5.95 Å². The molecule has 2 heterocycles. The van der Waals surface area contributed by atoms with Crippen molar-refractivity contribution in [1.29, 1.82) is 0 Å². The zero-order chi connectivity index (χ0) is 36.2. The Bertz CT molecular complexity index is 1470. The van der Waals surface area contributed by atoms with Gasteiger partial charge in [0.05, 0.1) is 31.8 Å². The fraction of sp³-hybridized carbons (Fsp3) is 0.897. The number of anilines is 1. The van der Waals surface area contributed by atoms with Crippen molar-refractivity contribution in [3.8, 4) is 0 Å². The average molecular weight is 683 g/mol. The summed E-state index contributed by atoms with van der Waals surface area (Å²) in [7, 11) is 2.02. The van der Waals surface area contributed by atoms with Crippen molar-refractivity contribution in [2.75, 3.05) is 32.6 Å². The summed E-state index contributed by atoms with van der Waals surface area (Å²) in [5.41, 5.74) is 5.76. The fourth-order valence-electron chi connectivity index (χ4n) is 12.4. The van der Waals surface area contributed by atoms with Gasteiger partial charge in [0, 0.05) is 11.0 Å². The molecule has 0 amide bonds. The van der Waals surface area contributed by atoms with Crippen LogP contribution in [0.1, 0.15) is 121 Å². The zero-order valence-corrected chi connectivity index (χ0v) is 32.5. The van der Waals surface area contributed by atoms with E-state index in [9.17, 15) is 9.90 Å². The maximum atomic E-state index is 13.5. The van der Waals surface area contributed by atoms with E-state index in [0.717, 1.165) is 38.5 Å². The van der Waals surface area contributed by atoms with Crippen LogP contribution in [-0.2, 0) is 14.3 Å². The summed E-state index contributed by atoms with van der Waals surface area (Å²) in [4.78, 5) is 15.3. The average Bonchev–Trinajstić information content (AvgIpc) is 3.45. The molecular formula is C39H66N6O4. The number of carbonyl (C=O) groups is 1. The van der Waals surface area contributed by atoms with E-state index in [1.807, 2.05) is 7.05 Å². The number of carboxylic acid groups (broad SMARTS) is 1. The summed E-state index contributed by atoms with van der Waals surface area (Å²) in [6.07, 6.45) is 7.81. The van der Waals surface area contributed by atoms with Crippen molar-refractivity contribution >= 4 is 11.9 Å². The summed E-state index contributed by atoms with van der Waals surface area (Å²) < 4.78 is 14.1. The van der Waals surface area contributed by atoms with Gasteiger partial charge in [-0.2, -0.15) is 4.80 Å². The van der Waals surface area contributed by atoms with Crippen LogP contribution in [0, 0.1) is 62.1 Å². The molecule has 0 radical (unpaired) electrons. The van der Waals surface area contributed by atoms with Crippen molar-refractivity contribution in [2.24, 2.45) is 62.1 Å². The lowest BCUT2D eigenvalue weighted by atomic mass is 9.34. The standard InChI is InChI=1S/C39H66N6O4/c1-23(2)24(3)35(8)17-18-36(9)25-13-14-28-34(7)19-27(45-43-32(40)42-44-45)30(49-21-38(11,41-12)33(4,5)6)39(28,22-48-20-34)26(25)15-16-37(36,10)29(35)31(46)47/h15,23-25,27-30,41H,13-14,16-22H2,1-12H3,(H2,40,43)(H,46,47)/t24-,25+,27-,28-,29-,30+,34-,35-,36-,37+,38+,39+/m1/s1. The molecule has 0 spiro atoms. The van der Waals surface area contributed by atoms with E-state index >= 15 is 0 Å². The summed E-state index contributed by atoms with van der Waals surface area (Å²) in [6.45, 7) is 27.0. The minimum Gasteiger partial charge on any atom is -0.481 e. The number of nitrogens with zero attached hydrogens (tertiary/aromatic N) is 4. The maximum Gasteiger partial charge on any atom is 0.307 e. The van der Waals surface area contributed by atoms with Gasteiger partial charge in [0.2, 0.25) is 0 Å². The first-order valence-corrected chi connectivity index (χ1v) is 19.0. The molecule has 1 aliphatic heterocycles. The van der Waals surface area contributed by atoms with Gasteiger partial charge >= 0.3 is 5.97 Å². The molecule has 0 aromatic carbocycles. The van der Waals surface area contributed by atoms with E-state index in [-0.39, 0.29) is 51.2 Å². The minimum absolute atomic E-state index is 0.0707. The normalized spacial score (nSPS) is 43.9. The molecule has 1 aromatic heterocycles. The molecule has 12 atom stereocenters. The summed E-state index contributed by atoms with van der Waals surface area (Å²) in [5.74, 6) is 0.386. The number of fused-ring (bicyclic) bond motifs is 3. The molecule has 276 valence electrons. The highest BCUT2D eigenvalue weighted by molar-refractivity contribution is 5.73. The molecule has 1 aromatic rings. The molecule has 0 unspecified atom stereocenters. The summed E-state index contributed by atoms with van der Waals surface area (Å²) >= 11 is 0. The van der Waals surface area contributed by atoms with Crippen LogP contribution in [0.2, 0.25) is 0 Å². The number of carboxylic acids is 1. The quantitative estimate of drug-likeness (QED) is 0.253. The predicted molar refractivity (Wildman–Crippen MR) is 191 cm³/mol. The Morgan fingerprint density at radius 3 is 2.39 bits per heavy atom. The van der Waals surface area contributed by atoms with Crippen molar-refractivity contribution in [3.05, 3.63) is 11.6 Å². The van der Waals surface area contributed by atoms with Gasteiger partial charge in [-0.15, -0.1) is 5.10 Å². The van der Waals surface area contributed by atoms with Gasteiger partial charge in [-0.3, -0.25) is 4.79 Å². The highest BCUT2D eigenvalue weighted by atomic mass is 16.5. The third-order valence-electron chi connectivity index (χ3n) is 16.5. The monoisotopic (exact) mass is 683 g/mol. The van der Waals surface area contributed by atoms with Gasteiger partial charge in [0.1, 0.15) is 6.04 Å². The second kappa shape index (κ2) is 11.7. The van der Waals surface area contributed by atoms with Crippen molar-refractivity contribution in [2.45, 2.75) is 132 Å². The molecule has 2 bridgehead atoms. The number of aromatic nitrogens is 4. The number of likely N-dealkylation sites (N-methyl/N-ethyl adjacent to an activating group) is 1. The van der Waals surface area contributed by atoms with Crippen molar-refractivity contribution in [1.82, 2.24) is 25.5 Å². The number of nitrogens with two attached hydrogens (primary N) is 1. The number of hydrogen-bond donors (Lipinski definition) is 3. The Hall–Kier alpha value is -2.04. The number of aliphatic carboxylic acids is 1. The summed E-state index contributed by atoms with van der Waals surface area (Å²) in [5, 5.41) is 27.9. The second-order valence-electron chi connectivity index (χ2n) is 19.7. The smallest absolute Gasteiger partial charge is 0.307 e. The van der Waals surface area contributed by atoms with Crippen LogP contribution >= 0.6 is 0 Å². The first-order valence-electron chi connectivity index (χ1n) is 19.0. The molecule has 5 aliphatic rings. The Morgan fingerprint density at radius 1 is 1.12 bits per heavy atom. The molecule has 3 saturated carbocycles. The van der Waals surface area contributed by atoms with Crippen molar-refractivity contribution < 1.29 is 19.4 Å². The predicted octanol–water partition coefficient (Wildman–Crippen LogP) is 6.79. The summed E-state index contributed by atoms with van der Waals surface area (Å²) in [6, 6.07) is -0.176. The third-order valence-corrected chi connectivity index (χ3v) is 16.5. The molecule has 1 saturated heterocycles. The highest BCUT2D eigenvalue weighted by Crippen LogP contribution is 2.75. The van der Waals surface area contributed by atoms with E-state index in [0.29, 0.717) is 37.6 Å². The lowest BCUT2D eigenvalue weighted by Gasteiger charge is -2.71. The lowest BCUT2D eigenvalue weighted by molar-refractivity contribution is -0.257. The molecule has 10 heteroatoms. The number of nitrogens with one attached hydrogen (secondary N) is 1. The number of nitrogen functional groups attached to an aromatic ring is 1. The van der Waals surface area contributed by atoms with Gasteiger partial charge in [0.25, 0.3) is 5.95 Å². The lowest BCUT2D eigenvalue weighted by Crippen LogP contribution is -2.70. The topological polar surface area (TPSA) is 137 Å². The largest absolute Gasteiger partial charge is 0.481 e. The molecule has 4 fully saturated rings. The van der Waals surface area contributed by atoms with E-state index in [2.05, 4.69) is 103 Å². The number of ether oxygens (including phenoxy) is 2. The second-order valence-corrected chi connectivity index (χ2v) is 19.7. The van der Waals surface area contributed by atoms with E-state index in [1.165, 1.54) is 5.57 Å². The van der Waals surface area contributed by atoms with Crippen molar-refractivity contribution in [3.63, 3.8) is 0 Å². The van der Waals surface area contributed by atoms with E-state index in [1.54, 1.807) is 4.80 Å². The molecule has 4 N–H and O–H groups in total. The Labute approximate surface area is 295 Å². The van der Waals surface area contributed by atoms with Gasteiger partial charge in [0.15, 0.2) is 0 Å². The van der Waals surface area contributed by atoms with Gasteiger partial charge in [-0.1, -0.05) is 86.0 Å². The third kappa shape index (κ3) is 5.02. The number of rotatable bonds is 8. The molecule has 4 aliphatic carbocycles. The minimum atomic E-state index is -0.636. The first-order chi connectivity index (χ1) is 22.6. The Balaban J connectivity index is 1.52. The molecular weight excluding hydrogens is 616 g/mol. The number of hydrogen-bond acceptors (Lipinski definition) is 8. The van der Waals surface area contributed by atoms with Gasteiger partial charge in [-0.25, -0.2) is 0 Å². The van der Waals surface area contributed by atoms with Crippen LogP contribution in [0.5, 0.6) is 0 Å². The van der Waals surface area contributed by atoms with E-state index < -0.39 is 22.7 Å². The van der Waals surface area contributed by atoms with Crippen LogP contribution in [-0.4, -0.2) is 69.8 Å². The van der Waals surface area contributed by atoms with Gasteiger partial charge < -0.3 is 25.6 Å².